The Morgan fingerprint density at radius 3 is 2.00 bits per heavy atom. The van der Waals surface area contributed by atoms with Gasteiger partial charge in [0.1, 0.15) is 5.52 Å². The van der Waals surface area contributed by atoms with E-state index in [1.165, 1.54) is 16.1 Å². The van der Waals surface area contributed by atoms with E-state index in [1.807, 2.05) is 24.3 Å². The van der Waals surface area contributed by atoms with Crippen molar-refractivity contribution in [3.8, 4) is 11.1 Å². The van der Waals surface area contributed by atoms with Crippen molar-refractivity contribution in [3.63, 3.8) is 0 Å². The van der Waals surface area contributed by atoms with Crippen LogP contribution in [-0.2, 0) is 4.74 Å². The number of rotatable bonds is 7. The van der Waals surface area contributed by atoms with E-state index in [1.54, 1.807) is 11.3 Å². The number of aromatic nitrogens is 1. The van der Waals surface area contributed by atoms with Gasteiger partial charge < -0.3 is 35.0 Å². The van der Waals surface area contributed by atoms with E-state index in [4.69, 9.17) is 9.72 Å². The first-order valence-corrected chi connectivity index (χ1v) is 17.7. The van der Waals surface area contributed by atoms with Crippen molar-refractivity contribution in [2.45, 2.75) is 19.9 Å². The lowest BCUT2D eigenvalue weighted by Crippen LogP contribution is -2.48. The molecule has 3 aromatic carbocycles. The Hall–Kier alpha value is -3.90. The van der Waals surface area contributed by atoms with Crippen LogP contribution in [0.25, 0.3) is 21.3 Å². The molecule has 47 heavy (non-hydrogen) atoms. The first-order valence-electron chi connectivity index (χ1n) is 16.9. The molecule has 0 spiro atoms. The minimum atomic E-state index is -0.257. The van der Waals surface area contributed by atoms with Gasteiger partial charge in [-0.2, -0.15) is 0 Å². The second-order valence-corrected chi connectivity index (χ2v) is 14.1. The molecule has 2 amide bonds. The fraction of sp³-hybridized carbons (Fsp3) is 0.444. The van der Waals surface area contributed by atoms with Crippen LogP contribution in [-0.4, -0.2) is 113 Å². The monoisotopic (exact) mass is 654 g/mol. The molecule has 0 bridgehead atoms. The number of hydrogen-bond donors (Lipinski definition) is 2. The predicted octanol–water partition coefficient (Wildman–Crippen LogP) is 5.73. The second kappa shape index (κ2) is 14.1. The van der Waals surface area contributed by atoms with Crippen molar-refractivity contribution in [2.24, 2.45) is 0 Å². The number of ether oxygens (including phenoxy) is 1. The molecule has 1 aromatic heterocycles. The molecule has 10 nitrogen and oxygen atoms in total. The standard InChI is InChI=1S/C36H46N8O2S/c1-26(2)41-16-18-44(19-17-41)36-39-34-32(43-20-22-46-23-21-43)24-28(25-33(34)47-36)27-4-6-29(7-5-27)37-35(45)38-30-8-10-31(11-9-30)42-14-12-40(3)13-15-42/h4-11,24-26H,12-23H2,1-3H3,(H2,37,38,45). The predicted molar refractivity (Wildman–Crippen MR) is 196 cm³/mol. The number of carbonyl (C=O) groups is 1. The van der Waals surface area contributed by atoms with Gasteiger partial charge in [0.15, 0.2) is 5.13 Å². The summed E-state index contributed by atoms with van der Waals surface area (Å²) in [6.45, 7) is 16.0. The lowest BCUT2D eigenvalue weighted by molar-refractivity contribution is 0.123. The third-order valence-corrected chi connectivity index (χ3v) is 10.7. The largest absolute Gasteiger partial charge is 0.378 e. The molecule has 3 aliphatic heterocycles. The SMILES string of the molecule is CC(C)N1CCN(c2nc3c(N4CCOCC4)cc(-c4ccc(NC(=O)Nc5ccc(N6CCN(C)CC6)cc5)cc4)cc3s2)CC1. The van der Waals surface area contributed by atoms with E-state index in [-0.39, 0.29) is 6.03 Å². The van der Waals surface area contributed by atoms with Crippen molar-refractivity contribution < 1.29 is 9.53 Å². The van der Waals surface area contributed by atoms with E-state index < -0.39 is 0 Å². The van der Waals surface area contributed by atoms with Crippen LogP contribution < -0.4 is 25.3 Å². The number of piperazine rings is 2. The van der Waals surface area contributed by atoms with Gasteiger partial charge in [-0.1, -0.05) is 23.5 Å². The van der Waals surface area contributed by atoms with Crippen molar-refractivity contribution >= 4 is 55.5 Å². The van der Waals surface area contributed by atoms with E-state index in [2.05, 4.69) is 92.4 Å². The molecule has 4 aromatic rings. The average molecular weight is 655 g/mol. The zero-order chi connectivity index (χ0) is 32.3. The number of anilines is 5. The van der Waals surface area contributed by atoms with E-state index >= 15 is 0 Å². The second-order valence-electron chi connectivity index (χ2n) is 13.0. The van der Waals surface area contributed by atoms with Gasteiger partial charge in [-0.3, -0.25) is 4.90 Å². The minimum Gasteiger partial charge on any atom is -0.378 e. The first kappa shape index (κ1) is 31.7. The average Bonchev–Trinajstić information content (AvgIpc) is 3.54. The number of nitrogens with zero attached hydrogens (tertiary/aromatic N) is 6. The molecule has 0 radical (unpaired) electrons. The van der Waals surface area contributed by atoms with E-state index in [0.29, 0.717) is 6.04 Å². The number of benzene rings is 3. The van der Waals surface area contributed by atoms with Gasteiger partial charge in [0.05, 0.1) is 23.6 Å². The number of likely N-dealkylation sites (N-methyl/N-ethyl adjacent to an activating group) is 1. The number of amides is 2. The molecular formula is C36H46N8O2S. The van der Waals surface area contributed by atoms with Crippen LogP contribution in [0.15, 0.2) is 60.7 Å². The van der Waals surface area contributed by atoms with Crippen molar-refractivity contribution in [1.82, 2.24) is 14.8 Å². The molecule has 11 heteroatoms. The number of thiazole rings is 1. The fourth-order valence-corrected chi connectivity index (χ4v) is 7.71. The number of hydrogen-bond acceptors (Lipinski definition) is 9. The maximum atomic E-state index is 12.8. The number of nitrogens with one attached hydrogen (secondary N) is 2. The molecule has 7 rings (SSSR count). The Kier molecular flexibility index (Phi) is 9.48. The van der Waals surface area contributed by atoms with Crippen LogP contribution in [0.4, 0.5) is 32.7 Å². The minimum absolute atomic E-state index is 0.257. The molecule has 0 saturated carbocycles. The third kappa shape index (κ3) is 7.33. The molecule has 248 valence electrons. The molecule has 3 aliphatic rings. The molecule has 0 aliphatic carbocycles. The highest BCUT2D eigenvalue weighted by atomic mass is 32.1. The van der Waals surface area contributed by atoms with Crippen molar-refractivity contribution in [1.29, 1.82) is 0 Å². The highest BCUT2D eigenvalue weighted by Gasteiger charge is 2.24. The van der Waals surface area contributed by atoms with Crippen LogP contribution in [0.2, 0.25) is 0 Å². The van der Waals surface area contributed by atoms with Crippen molar-refractivity contribution in [3.05, 3.63) is 60.7 Å². The van der Waals surface area contributed by atoms with Crippen LogP contribution >= 0.6 is 11.3 Å². The Labute approximate surface area is 281 Å². The van der Waals surface area contributed by atoms with Crippen LogP contribution in [0.5, 0.6) is 0 Å². The molecule has 3 saturated heterocycles. The Bertz CT molecular complexity index is 1650. The normalized spacial score (nSPS) is 18.3. The Balaban J connectivity index is 1.05. The van der Waals surface area contributed by atoms with Gasteiger partial charge in [-0.05, 0) is 80.6 Å². The van der Waals surface area contributed by atoms with Gasteiger partial charge >= 0.3 is 6.03 Å². The number of morpholine rings is 1. The van der Waals surface area contributed by atoms with Gasteiger partial charge in [-0.25, -0.2) is 9.78 Å². The lowest BCUT2D eigenvalue weighted by atomic mass is 10.0. The van der Waals surface area contributed by atoms with Crippen LogP contribution in [0.3, 0.4) is 0 Å². The summed E-state index contributed by atoms with van der Waals surface area (Å²) in [5.74, 6) is 0. The van der Waals surface area contributed by atoms with E-state index in [0.717, 1.165) is 112 Å². The smallest absolute Gasteiger partial charge is 0.323 e. The molecule has 2 N–H and O–H groups in total. The van der Waals surface area contributed by atoms with Crippen molar-refractivity contribution in [2.75, 3.05) is 111 Å². The molecule has 4 heterocycles. The summed E-state index contributed by atoms with van der Waals surface area (Å²) in [7, 11) is 2.16. The molecule has 0 unspecified atom stereocenters. The quantitative estimate of drug-likeness (QED) is 0.262. The molecular weight excluding hydrogens is 609 g/mol. The first-order chi connectivity index (χ1) is 22.9. The van der Waals surface area contributed by atoms with E-state index in [9.17, 15) is 4.79 Å². The summed E-state index contributed by atoms with van der Waals surface area (Å²) in [6.07, 6.45) is 0. The van der Waals surface area contributed by atoms with Crippen LogP contribution in [0.1, 0.15) is 13.8 Å². The summed E-state index contributed by atoms with van der Waals surface area (Å²) in [5.41, 5.74) is 7.20. The highest BCUT2D eigenvalue weighted by Crippen LogP contribution is 2.39. The summed E-state index contributed by atoms with van der Waals surface area (Å²) < 4.78 is 6.88. The summed E-state index contributed by atoms with van der Waals surface area (Å²) in [4.78, 5) is 30.2. The number of carbonyl (C=O) groups excluding carboxylic acids is 1. The van der Waals surface area contributed by atoms with Gasteiger partial charge in [-0.15, -0.1) is 0 Å². The van der Waals surface area contributed by atoms with Crippen LogP contribution in [0, 0.1) is 0 Å². The summed E-state index contributed by atoms with van der Waals surface area (Å²) in [6, 6.07) is 21.1. The zero-order valence-corrected chi connectivity index (χ0v) is 28.6. The Morgan fingerprint density at radius 1 is 0.745 bits per heavy atom. The maximum Gasteiger partial charge on any atom is 0.323 e. The van der Waals surface area contributed by atoms with Gasteiger partial charge in [0.25, 0.3) is 0 Å². The third-order valence-electron chi connectivity index (χ3n) is 9.60. The zero-order valence-electron chi connectivity index (χ0n) is 27.7. The van der Waals surface area contributed by atoms with Gasteiger partial charge in [0.2, 0.25) is 0 Å². The molecule has 3 fully saturated rings. The number of urea groups is 1. The molecule has 0 atom stereocenters. The maximum absolute atomic E-state index is 12.8. The van der Waals surface area contributed by atoms with Gasteiger partial charge in [0, 0.05) is 88.6 Å². The fourth-order valence-electron chi connectivity index (χ4n) is 6.64. The topological polar surface area (TPSA) is 79.4 Å². The number of fused-ring (bicyclic) bond motifs is 1. The Morgan fingerprint density at radius 2 is 1.36 bits per heavy atom. The lowest BCUT2D eigenvalue weighted by Gasteiger charge is -2.36. The summed E-state index contributed by atoms with van der Waals surface area (Å²) in [5, 5.41) is 7.07. The highest BCUT2D eigenvalue weighted by molar-refractivity contribution is 7.22. The summed E-state index contributed by atoms with van der Waals surface area (Å²) >= 11 is 1.79.